The van der Waals surface area contributed by atoms with E-state index in [1.165, 1.54) is 0 Å². The van der Waals surface area contributed by atoms with E-state index in [0.717, 1.165) is 58.6 Å². The average molecular weight is 529 g/mol. The van der Waals surface area contributed by atoms with Gasteiger partial charge < -0.3 is 35.1 Å². The molecule has 10 nitrogen and oxygen atoms in total. The molecule has 0 radical (unpaired) electrons. The standard InChI is InChI=1S/C29H36N8O2/c1-7-18-15-31-29(32-22-13-21(30)24(14-25(22)39-6)35(4)12-11-34(2)3)33-27(18)20-16-37-17-26(38)36(5)23-10-8-9-19(20)28(23)37/h8-10,13-16H,7,11-12,17,30H2,1-6H3,(H,31,32,33). The normalized spacial score (nSPS) is 12.9. The lowest BCUT2D eigenvalue weighted by atomic mass is 10.0. The number of methoxy groups -OCH3 is 1. The van der Waals surface area contributed by atoms with Crippen molar-refractivity contribution in [2.24, 2.45) is 0 Å². The van der Waals surface area contributed by atoms with E-state index in [-0.39, 0.29) is 5.91 Å². The second-order valence-corrected chi connectivity index (χ2v) is 10.2. The van der Waals surface area contributed by atoms with E-state index in [1.54, 1.807) is 12.0 Å². The third-order valence-electron chi connectivity index (χ3n) is 7.31. The highest BCUT2D eigenvalue weighted by molar-refractivity contribution is 6.10. The molecule has 3 heterocycles. The summed E-state index contributed by atoms with van der Waals surface area (Å²) in [6, 6.07) is 9.84. The van der Waals surface area contributed by atoms with Gasteiger partial charge in [0.1, 0.15) is 12.3 Å². The molecule has 0 saturated carbocycles. The number of ether oxygens (including phenoxy) is 1. The van der Waals surface area contributed by atoms with Crippen LogP contribution in [0.4, 0.5) is 28.7 Å². The number of aryl methyl sites for hydroxylation is 1. The van der Waals surface area contributed by atoms with Crippen LogP contribution >= 0.6 is 0 Å². The molecule has 2 aromatic carbocycles. The van der Waals surface area contributed by atoms with Crippen LogP contribution in [0.1, 0.15) is 12.5 Å². The molecule has 0 aliphatic carbocycles. The van der Waals surface area contributed by atoms with Gasteiger partial charge in [0.25, 0.3) is 0 Å². The predicted molar refractivity (Wildman–Crippen MR) is 158 cm³/mol. The number of benzene rings is 2. The fraction of sp³-hybridized carbons (Fsp3) is 0.345. The molecule has 39 heavy (non-hydrogen) atoms. The van der Waals surface area contributed by atoms with Crippen LogP contribution in [-0.4, -0.2) is 73.7 Å². The summed E-state index contributed by atoms with van der Waals surface area (Å²) in [6.45, 7) is 4.12. The van der Waals surface area contributed by atoms with Crippen LogP contribution in [0.2, 0.25) is 0 Å². The number of anilines is 5. The summed E-state index contributed by atoms with van der Waals surface area (Å²) in [5.74, 6) is 1.14. The Morgan fingerprint density at radius 1 is 1.18 bits per heavy atom. The van der Waals surface area contributed by atoms with Crippen LogP contribution in [0.3, 0.4) is 0 Å². The summed E-state index contributed by atoms with van der Waals surface area (Å²) in [5.41, 5.74) is 13.4. The number of aromatic nitrogens is 3. The van der Waals surface area contributed by atoms with E-state index in [9.17, 15) is 4.79 Å². The monoisotopic (exact) mass is 528 g/mol. The Morgan fingerprint density at radius 3 is 2.69 bits per heavy atom. The van der Waals surface area contributed by atoms with E-state index in [4.69, 9.17) is 15.5 Å². The van der Waals surface area contributed by atoms with Crippen molar-refractivity contribution in [1.29, 1.82) is 0 Å². The molecule has 0 spiro atoms. The number of carbonyl (C=O) groups is 1. The number of rotatable bonds is 9. The highest BCUT2D eigenvalue weighted by atomic mass is 16.5. The number of nitrogen functional groups attached to an aromatic ring is 1. The Balaban J connectivity index is 1.53. The number of nitrogens with zero attached hydrogens (tertiary/aromatic N) is 6. The SMILES string of the molecule is CCc1cnc(Nc2cc(N)c(N(C)CCN(C)C)cc2OC)nc1-c1cn2c3c(cccc13)N(C)C(=O)C2. The number of carbonyl (C=O) groups excluding carboxylic acids is 1. The Bertz CT molecular complexity index is 1540. The number of para-hydroxylation sites is 1. The first kappa shape index (κ1) is 26.3. The van der Waals surface area contributed by atoms with Crippen molar-refractivity contribution in [3.05, 3.63) is 48.3 Å². The quantitative estimate of drug-likeness (QED) is 0.315. The van der Waals surface area contributed by atoms with Gasteiger partial charge in [0.05, 0.1) is 41.1 Å². The van der Waals surface area contributed by atoms with Crippen molar-refractivity contribution in [2.45, 2.75) is 19.9 Å². The highest BCUT2D eigenvalue weighted by Gasteiger charge is 2.26. The first-order chi connectivity index (χ1) is 18.7. The zero-order chi connectivity index (χ0) is 27.8. The largest absolute Gasteiger partial charge is 0.494 e. The zero-order valence-electron chi connectivity index (χ0n) is 23.4. The molecule has 5 rings (SSSR count). The average Bonchev–Trinajstić information content (AvgIpc) is 3.29. The Labute approximate surface area is 229 Å². The van der Waals surface area contributed by atoms with Gasteiger partial charge in [-0.15, -0.1) is 0 Å². The second-order valence-electron chi connectivity index (χ2n) is 10.2. The molecule has 0 saturated heterocycles. The molecule has 4 aromatic rings. The van der Waals surface area contributed by atoms with Crippen LogP contribution in [0.25, 0.3) is 22.2 Å². The third-order valence-corrected chi connectivity index (χ3v) is 7.31. The maximum atomic E-state index is 12.6. The van der Waals surface area contributed by atoms with Crippen molar-refractivity contribution in [1.82, 2.24) is 19.4 Å². The van der Waals surface area contributed by atoms with Gasteiger partial charge in [0.2, 0.25) is 11.9 Å². The van der Waals surface area contributed by atoms with Gasteiger partial charge in [0, 0.05) is 56.6 Å². The van der Waals surface area contributed by atoms with Crippen molar-refractivity contribution < 1.29 is 9.53 Å². The van der Waals surface area contributed by atoms with Crippen molar-refractivity contribution >= 4 is 45.5 Å². The molecule has 3 N–H and O–H groups in total. The van der Waals surface area contributed by atoms with Gasteiger partial charge in [-0.3, -0.25) is 4.79 Å². The van der Waals surface area contributed by atoms with Crippen LogP contribution in [-0.2, 0) is 17.8 Å². The zero-order valence-corrected chi connectivity index (χ0v) is 23.4. The lowest BCUT2D eigenvalue weighted by Gasteiger charge is -2.24. The molecule has 1 aliphatic heterocycles. The first-order valence-electron chi connectivity index (χ1n) is 13.1. The lowest BCUT2D eigenvalue weighted by Crippen LogP contribution is -2.33. The minimum atomic E-state index is 0.0541. The molecule has 1 amide bonds. The van der Waals surface area contributed by atoms with Gasteiger partial charge in [-0.2, -0.15) is 0 Å². The van der Waals surface area contributed by atoms with E-state index in [1.807, 2.05) is 69.4 Å². The molecule has 10 heteroatoms. The Morgan fingerprint density at radius 2 is 1.97 bits per heavy atom. The second kappa shape index (κ2) is 10.5. The Kier molecular flexibility index (Phi) is 7.05. The molecule has 204 valence electrons. The van der Waals surface area contributed by atoms with Crippen LogP contribution < -0.4 is 25.6 Å². The van der Waals surface area contributed by atoms with Gasteiger partial charge in [0.15, 0.2) is 0 Å². The maximum absolute atomic E-state index is 12.6. The summed E-state index contributed by atoms with van der Waals surface area (Å²) >= 11 is 0. The van der Waals surface area contributed by atoms with Gasteiger partial charge in [-0.1, -0.05) is 19.1 Å². The molecule has 0 atom stereocenters. The van der Waals surface area contributed by atoms with E-state index < -0.39 is 0 Å². The van der Waals surface area contributed by atoms with E-state index in [0.29, 0.717) is 29.6 Å². The fourth-order valence-electron chi connectivity index (χ4n) is 5.04. The van der Waals surface area contributed by atoms with Gasteiger partial charge in [-0.05, 0) is 38.2 Å². The first-order valence-corrected chi connectivity index (χ1v) is 13.1. The smallest absolute Gasteiger partial charge is 0.246 e. The predicted octanol–water partition coefficient (Wildman–Crippen LogP) is 3.97. The molecule has 0 bridgehead atoms. The molecular weight excluding hydrogens is 492 g/mol. The third kappa shape index (κ3) is 4.83. The number of nitrogens with two attached hydrogens (primary N) is 1. The molecular formula is C29H36N8O2. The summed E-state index contributed by atoms with van der Waals surface area (Å²) < 4.78 is 7.73. The number of nitrogens with one attached hydrogen (secondary N) is 1. The van der Waals surface area contributed by atoms with E-state index >= 15 is 0 Å². The fourth-order valence-corrected chi connectivity index (χ4v) is 5.04. The molecule has 1 aliphatic rings. The summed E-state index contributed by atoms with van der Waals surface area (Å²) in [7, 11) is 9.57. The summed E-state index contributed by atoms with van der Waals surface area (Å²) in [5, 5.41) is 4.38. The number of amides is 1. The summed E-state index contributed by atoms with van der Waals surface area (Å²) in [6.07, 6.45) is 4.65. The lowest BCUT2D eigenvalue weighted by molar-refractivity contribution is -0.119. The summed E-state index contributed by atoms with van der Waals surface area (Å²) in [4.78, 5) is 28.1. The van der Waals surface area contributed by atoms with Crippen LogP contribution in [0.5, 0.6) is 5.75 Å². The van der Waals surface area contributed by atoms with Gasteiger partial charge in [-0.25, -0.2) is 9.97 Å². The highest BCUT2D eigenvalue weighted by Crippen LogP contribution is 2.40. The molecule has 0 fully saturated rings. The number of hydrogen-bond donors (Lipinski definition) is 2. The molecule has 0 unspecified atom stereocenters. The van der Waals surface area contributed by atoms with E-state index in [2.05, 4.69) is 33.1 Å². The van der Waals surface area contributed by atoms with Crippen molar-refractivity contribution in [2.75, 3.05) is 69.2 Å². The van der Waals surface area contributed by atoms with Crippen molar-refractivity contribution in [3.8, 4) is 17.0 Å². The van der Waals surface area contributed by atoms with Crippen LogP contribution in [0.15, 0.2) is 42.7 Å². The number of likely N-dealkylation sites (N-methyl/N-ethyl adjacent to an activating group) is 3. The number of hydrogen-bond acceptors (Lipinski definition) is 8. The molecule has 2 aromatic heterocycles. The topological polar surface area (TPSA) is 105 Å². The van der Waals surface area contributed by atoms with Crippen LogP contribution in [0, 0.1) is 0 Å². The van der Waals surface area contributed by atoms with Gasteiger partial charge >= 0.3 is 0 Å². The van der Waals surface area contributed by atoms with Crippen molar-refractivity contribution in [3.63, 3.8) is 0 Å². The minimum Gasteiger partial charge on any atom is -0.494 e. The minimum absolute atomic E-state index is 0.0541. The Hall–Kier alpha value is -4.31. The maximum Gasteiger partial charge on any atom is 0.246 e.